The van der Waals surface area contributed by atoms with E-state index in [1.165, 1.54) is 12.1 Å². The fourth-order valence-electron chi connectivity index (χ4n) is 2.37. The van der Waals surface area contributed by atoms with E-state index in [9.17, 15) is 0 Å². The molecule has 4 nitrogen and oxygen atoms in total. The number of ether oxygens (including phenoxy) is 1. The highest BCUT2D eigenvalue weighted by molar-refractivity contribution is 5.49. The van der Waals surface area contributed by atoms with Crippen LogP contribution in [0.3, 0.4) is 0 Å². The first kappa shape index (κ1) is 12.9. The van der Waals surface area contributed by atoms with Crippen LogP contribution < -0.4 is 15.0 Å². The third-order valence-electron chi connectivity index (χ3n) is 3.41. The number of anilines is 1. The van der Waals surface area contributed by atoms with Crippen LogP contribution in [0, 0.1) is 0 Å². The average Bonchev–Trinajstić information content (AvgIpc) is 2.78. The summed E-state index contributed by atoms with van der Waals surface area (Å²) >= 11 is 0. The molecule has 1 N–H and O–H groups in total. The molecule has 104 valence electrons. The van der Waals surface area contributed by atoms with E-state index >= 15 is 0 Å². The first-order valence-corrected chi connectivity index (χ1v) is 7.05. The summed E-state index contributed by atoms with van der Waals surface area (Å²) in [5.41, 5.74) is 1.26. The largest absolute Gasteiger partial charge is 0.456 e. The molecule has 0 amide bonds. The van der Waals surface area contributed by atoms with Gasteiger partial charge in [0.1, 0.15) is 11.5 Å². The summed E-state index contributed by atoms with van der Waals surface area (Å²) in [7, 11) is 0. The van der Waals surface area contributed by atoms with E-state index in [4.69, 9.17) is 4.74 Å². The molecule has 0 atom stereocenters. The van der Waals surface area contributed by atoms with Crippen LogP contribution >= 0.6 is 0 Å². The Morgan fingerprint density at radius 2 is 1.90 bits per heavy atom. The summed E-state index contributed by atoms with van der Waals surface area (Å²) < 4.78 is 5.75. The third kappa shape index (κ3) is 3.27. The van der Waals surface area contributed by atoms with Gasteiger partial charge in [0.2, 0.25) is 0 Å². The van der Waals surface area contributed by atoms with Gasteiger partial charge in [0.05, 0.1) is 6.20 Å². The molecule has 0 unspecified atom stereocenters. The summed E-state index contributed by atoms with van der Waals surface area (Å²) in [5.74, 6) is 1.61. The van der Waals surface area contributed by atoms with Gasteiger partial charge in [0.15, 0.2) is 0 Å². The Morgan fingerprint density at radius 1 is 1.00 bits per heavy atom. The van der Waals surface area contributed by atoms with Crippen molar-refractivity contribution in [1.29, 1.82) is 0 Å². The molecule has 2 heterocycles. The maximum Gasteiger partial charge on any atom is 0.145 e. The van der Waals surface area contributed by atoms with Crippen LogP contribution in [0.4, 0.5) is 5.69 Å². The number of benzene rings is 1. The number of rotatable bonds is 3. The highest BCUT2D eigenvalue weighted by atomic mass is 16.5. The lowest BCUT2D eigenvalue weighted by Gasteiger charge is -2.22. The maximum absolute atomic E-state index is 5.75. The minimum absolute atomic E-state index is 0.763. The number of hydrogen-bond donors (Lipinski definition) is 1. The Hall–Kier alpha value is -2.07. The van der Waals surface area contributed by atoms with Crippen LogP contribution in [0.25, 0.3) is 0 Å². The first-order chi connectivity index (χ1) is 9.92. The lowest BCUT2D eigenvalue weighted by molar-refractivity contribution is 0.480. The second kappa shape index (κ2) is 6.39. The summed E-state index contributed by atoms with van der Waals surface area (Å²) in [6.45, 7) is 4.32. The van der Waals surface area contributed by atoms with Gasteiger partial charge in [-0.3, -0.25) is 4.98 Å². The molecule has 0 saturated carbocycles. The quantitative estimate of drug-likeness (QED) is 0.929. The van der Waals surface area contributed by atoms with Crippen molar-refractivity contribution < 1.29 is 4.74 Å². The molecule has 1 fully saturated rings. The zero-order valence-electron chi connectivity index (χ0n) is 11.5. The number of nitrogens with zero attached hydrogens (tertiary/aromatic N) is 2. The number of aromatic nitrogens is 1. The van der Waals surface area contributed by atoms with Gasteiger partial charge in [-0.05, 0) is 49.4 Å². The third-order valence-corrected chi connectivity index (χ3v) is 3.41. The predicted octanol–water partition coefficient (Wildman–Crippen LogP) is 2.67. The van der Waals surface area contributed by atoms with Gasteiger partial charge in [-0.1, -0.05) is 0 Å². The molecule has 0 bridgehead atoms. The fraction of sp³-hybridized carbons (Fsp3) is 0.312. The molecule has 1 aliphatic rings. The molecule has 20 heavy (non-hydrogen) atoms. The highest BCUT2D eigenvalue weighted by Crippen LogP contribution is 2.24. The smallest absolute Gasteiger partial charge is 0.145 e. The van der Waals surface area contributed by atoms with E-state index in [1.54, 1.807) is 12.4 Å². The van der Waals surface area contributed by atoms with Crippen LogP contribution in [0.5, 0.6) is 11.5 Å². The Labute approximate surface area is 119 Å². The van der Waals surface area contributed by atoms with Crippen molar-refractivity contribution in [3.05, 3.63) is 48.8 Å². The lowest BCUT2D eigenvalue weighted by Crippen LogP contribution is -2.27. The molecule has 0 radical (unpaired) electrons. The molecule has 1 saturated heterocycles. The van der Waals surface area contributed by atoms with Gasteiger partial charge in [-0.15, -0.1) is 0 Å². The molecule has 2 aromatic rings. The Balaban J connectivity index is 1.67. The van der Waals surface area contributed by atoms with Crippen molar-refractivity contribution >= 4 is 5.69 Å². The van der Waals surface area contributed by atoms with Crippen LogP contribution in [-0.4, -0.2) is 31.2 Å². The number of pyridine rings is 1. The van der Waals surface area contributed by atoms with Crippen molar-refractivity contribution in [2.75, 3.05) is 31.1 Å². The Kier molecular flexibility index (Phi) is 4.13. The normalized spacial score (nSPS) is 15.7. The van der Waals surface area contributed by atoms with Crippen LogP contribution in [-0.2, 0) is 0 Å². The molecule has 1 aromatic heterocycles. The summed E-state index contributed by atoms with van der Waals surface area (Å²) in [6.07, 6.45) is 4.64. The van der Waals surface area contributed by atoms with Crippen LogP contribution in [0.2, 0.25) is 0 Å². The van der Waals surface area contributed by atoms with Crippen LogP contribution in [0.15, 0.2) is 48.8 Å². The van der Waals surface area contributed by atoms with Gasteiger partial charge in [-0.25, -0.2) is 0 Å². The molecule has 0 aliphatic carbocycles. The number of hydrogen-bond acceptors (Lipinski definition) is 4. The monoisotopic (exact) mass is 269 g/mol. The predicted molar refractivity (Wildman–Crippen MR) is 80.5 cm³/mol. The highest BCUT2D eigenvalue weighted by Gasteiger charge is 2.09. The van der Waals surface area contributed by atoms with Gasteiger partial charge >= 0.3 is 0 Å². The Bertz CT molecular complexity index is 519. The molecule has 4 heteroatoms. The molecular formula is C16H19N3O. The standard InChI is InChI=1S/C16H19N3O/c1-3-16(13-18-8-1)20-15-6-4-14(5-7-15)19-11-2-9-17-10-12-19/h1,3-8,13,17H,2,9-12H2. The summed E-state index contributed by atoms with van der Waals surface area (Å²) in [6, 6.07) is 12.0. The van der Waals surface area contributed by atoms with E-state index in [2.05, 4.69) is 27.3 Å². The van der Waals surface area contributed by atoms with E-state index < -0.39 is 0 Å². The molecule has 0 spiro atoms. The zero-order valence-corrected chi connectivity index (χ0v) is 11.5. The molecule has 3 rings (SSSR count). The summed E-state index contributed by atoms with van der Waals surface area (Å²) in [5, 5.41) is 3.42. The zero-order chi connectivity index (χ0) is 13.6. The fourth-order valence-corrected chi connectivity index (χ4v) is 2.37. The molecule has 1 aliphatic heterocycles. The average molecular weight is 269 g/mol. The van der Waals surface area contributed by atoms with Gasteiger partial charge in [-0.2, -0.15) is 0 Å². The van der Waals surface area contributed by atoms with Crippen molar-refractivity contribution in [2.24, 2.45) is 0 Å². The molecule has 1 aromatic carbocycles. The van der Waals surface area contributed by atoms with Crippen LogP contribution in [0.1, 0.15) is 6.42 Å². The topological polar surface area (TPSA) is 37.4 Å². The van der Waals surface area contributed by atoms with Crippen molar-refractivity contribution in [2.45, 2.75) is 6.42 Å². The van der Waals surface area contributed by atoms with Crippen molar-refractivity contribution in [3.8, 4) is 11.5 Å². The second-order valence-electron chi connectivity index (χ2n) is 4.88. The van der Waals surface area contributed by atoms with Gasteiger partial charge in [0, 0.05) is 31.5 Å². The first-order valence-electron chi connectivity index (χ1n) is 7.05. The van der Waals surface area contributed by atoms with Gasteiger partial charge < -0.3 is 15.0 Å². The van der Waals surface area contributed by atoms with E-state index in [0.29, 0.717) is 0 Å². The minimum atomic E-state index is 0.763. The SMILES string of the molecule is c1cncc(Oc2ccc(N3CCCNCC3)cc2)c1. The van der Waals surface area contributed by atoms with E-state index in [-0.39, 0.29) is 0 Å². The number of nitrogens with one attached hydrogen (secondary N) is 1. The van der Waals surface area contributed by atoms with E-state index in [0.717, 1.165) is 37.7 Å². The molecular weight excluding hydrogens is 250 g/mol. The van der Waals surface area contributed by atoms with E-state index in [1.807, 2.05) is 24.3 Å². The van der Waals surface area contributed by atoms with Crippen molar-refractivity contribution in [1.82, 2.24) is 10.3 Å². The Morgan fingerprint density at radius 3 is 2.70 bits per heavy atom. The second-order valence-corrected chi connectivity index (χ2v) is 4.88. The maximum atomic E-state index is 5.75. The minimum Gasteiger partial charge on any atom is -0.456 e. The summed E-state index contributed by atoms with van der Waals surface area (Å²) in [4.78, 5) is 6.45. The lowest BCUT2D eigenvalue weighted by atomic mass is 10.2. The van der Waals surface area contributed by atoms with Crippen molar-refractivity contribution in [3.63, 3.8) is 0 Å². The van der Waals surface area contributed by atoms with Gasteiger partial charge in [0.25, 0.3) is 0 Å².